The van der Waals surface area contributed by atoms with Crippen LogP contribution in [0.25, 0.3) is 0 Å². The first-order valence-electron chi connectivity index (χ1n) is 6.15. The Kier molecular flexibility index (Phi) is 5.93. The molecule has 1 rings (SSSR count). The molecule has 5 N–H and O–H groups in total. The lowest BCUT2D eigenvalue weighted by Gasteiger charge is -2.17. The fourth-order valence-corrected chi connectivity index (χ4v) is 1.66. The Balaban J connectivity index is 2.77. The molecule has 0 unspecified atom stereocenters. The fourth-order valence-electron chi connectivity index (χ4n) is 1.66. The number of carbonyl (C=O) groups is 3. The van der Waals surface area contributed by atoms with Crippen LogP contribution in [0.1, 0.15) is 12.0 Å². The van der Waals surface area contributed by atoms with Crippen molar-refractivity contribution < 1.29 is 33.4 Å². The van der Waals surface area contributed by atoms with E-state index in [-0.39, 0.29) is 12.0 Å². The van der Waals surface area contributed by atoms with Crippen molar-refractivity contribution in [3.63, 3.8) is 0 Å². The largest absolute Gasteiger partial charge is 0.481 e. The third-order valence-electron chi connectivity index (χ3n) is 2.77. The van der Waals surface area contributed by atoms with Gasteiger partial charge in [-0.15, -0.1) is 0 Å². The topological polar surface area (TPSA) is 130 Å². The molecule has 0 saturated heterocycles. The standard InChI is InChI=1S/C13H14F2N2O5/c14-7-2-1-6(3-8(7)15)4-10(13(21)22)17-12(20)9(16)5-11(18)19/h1-3,9-10H,4-5,16H2,(H,17,20)(H,18,19)(H,21,22)/t9-,10-/m0/s1. The highest BCUT2D eigenvalue weighted by molar-refractivity contribution is 5.89. The molecule has 0 aliphatic carbocycles. The predicted molar refractivity (Wildman–Crippen MR) is 69.9 cm³/mol. The number of nitrogens with two attached hydrogens (primary N) is 1. The van der Waals surface area contributed by atoms with E-state index in [1.165, 1.54) is 6.07 Å². The van der Waals surface area contributed by atoms with E-state index in [2.05, 4.69) is 5.32 Å². The smallest absolute Gasteiger partial charge is 0.326 e. The Labute approximate surface area is 123 Å². The number of hydrogen-bond acceptors (Lipinski definition) is 4. The summed E-state index contributed by atoms with van der Waals surface area (Å²) in [6.07, 6.45) is -0.971. The zero-order valence-electron chi connectivity index (χ0n) is 11.3. The van der Waals surface area contributed by atoms with Crippen molar-refractivity contribution in [2.75, 3.05) is 0 Å². The SMILES string of the molecule is N[C@@H](CC(=O)O)C(=O)N[C@@H](Cc1ccc(F)c(F)c1)C(=O)O. The van der Waals surface area contributed by atoms with Gasteiger partial charge >= 0.3 is 11.9 Å². The van der Waals surface area contributed by atoms with Gasteiger partial charge in [0.2, 0.25) is 5.91 Å². The summed E-state index contributed by atoms with van der Waals surface area (Å²) in [4.78, 5) is 33.1. The minimum atomic E-state index is -1.45. The van der Waals surface area contributed by atoms with Gasteiger partial charge in [-0.05, 0) is 17.7 Å². The van der Waals surface area contributed by atoms with Gasteiger partial charge in [-0.2, -0.15) is 0 Å². The van der Waals surface area contributed by atoms with E-state index in [1.54, 1.807) is 0 Å². The third-order valence-corrected chi connectivity index (χ3v) is 2.77. The maximum absolute atomic E-state index is 13.1. The van der Waals surface area contributed by atoms with E-state index in [1.807, 2.05) is 0 Å². The summed E-state index contributed by atoms with van der Waals surface area (Å²) in [5.74, 6) is -5.91. The van der Waals surface area contributed by atoms with Crippen molar-refractivity contribution in [3.8, 4) is 0 Å². The molecule has 9 heteroatoms. The van der Waals surface area contributed by atoms with Gasteiger partial charge < -0.3 is 21.3 Å². The molecule has 0 radical (unpaired) electrons. The van der Waals surface area contributed by atoms with E-state index >= 15 is 0 Å². The molecule has 7 nitrogen and oxygen atoms in total. The first kappa shape index (κ1) is 17.5. The number of carboxylic acids is 2. The van der Waals surface area contributed by atoms with Gasteiger partial charge in [-0.25, -0.2) is 13.6 Å². The third kappa shape index (κ3) is 5.09. The number of benzene rings is 1. The van der Waals surface area contributed by atoms with Crippen LogP contribution in [0.3, 0.4) is 0 Å². The van der Waals surface area contributed by atoms with Gasteiger partial charge in [-0.3, -0.25) is 9.59 Å². The predicted octanol–water partition coefficient (Wildman–Crippen LogP) is -0.121. The van der Waals surface area contributed by atoms with Crippen LogP contribution in [0.15, 0.2) is 18.2 Å². The first-order valence-corrected chi connectivity index (χ1v) is 6.15. The molecule has 1 aromatic rings. The van der Waals surface area contributed by atoms with Crippen LogP contribution in [0.5, 0.6) is 0 Å². The van der Waals surface area contributed by atoms with Crippen molar-refractivity contribution in [1.82, 2.24) is 5.32 Å². The number of amides is 1. The van der Waals surface area contributed by atoms with Crippen molar-refractivity contribution in [1.29, 1.82) is 0 Å². The van der Waals surface area contributed by atoms with Gasteiger partial charge in [0.25, 0.3) is 0 Å². The zero-order chi connectivity index (χ0) is 16.9. The lowest BCUT2D eigenvalue weighted by Crippen LogP contribution is -2.49. The lowest BCUT2D eigenvalue weighted by atomic mass is 10.0. The lowest BCUT2D eigenvalue weighted by molar-refractivity contribution is -0.142. The monoisotopic (exact) mass is 316 g/mol. The van der Waals surface area contributed by atoms with Crippen LogP contribution >= 0.6 is 0 Å². The number of nitrogens with one attached hydrogen (secondary N) is 1. The Morgan fingerprint density at radius 3 is 2.32 bits per heavy atom. The highest BCUT2D eigenvalue weighted by Crippen LogP contribution is 2.11. The molecule has 0 aliphatic rings. The Morgan fingerprint density at radius 1 is 1.18 bits per heavy atom. The van der Waals surface area contributed by atoms with Crippen LogP contribution in [-0.2, 0) is 20.8 Å². The molecule has 0 saturated carbocycles. The van der Waals surface area contributed by atoms with E-state index in [0.29, 0.717) is 0 Å². The van der Waals surface area contributed by atoms with Gasteiger partial charge in [0.15, 0.2) is 11.6 Å². The summed E-state index contributed by atoms with van der Waals surface area (Å²) in [7, 11) is 0. The average Bonchev–Trinajstić information content (AvgIpc) is 2.41. The highest BCUT2D eigenvalue weighted by Gasteiger charge is 2.25. The number of rotatable bonds is 7. The highest BCUT2D eigenvalue weighted by atomic mass is 19.2. The van der Waals surface area contributed by atoms with Crippen molar-refractivity contribution in [2.45, 2.75) is 24.9 Å². The average molecular weight is 316 g/mol. The molecule has 0 fully saturated rings. The molecule has 0 heterocycles. The molecule has 0 aliphatic heterocycles. The molecule has 1 aromatic carbocycles. The minimum Gasteiger partial charge on any atom is -0.481 e. The van der Waals surface area contributed by atoms with Crippen LogP contribution in [0.4, 0.5) is 8.78 Å². The van der Waals surface area contributed by atoms with Crippen LogP contribution in [0.2, 0.25) is 0 Å². The normalized spacial score (nSPS) is 13.2. The second-order valence-corrected chi connectivity index (χ2v) is 4.56. The van der Waals surface area contributed by atoms with Crippen LogP contribution in [0, 0.1) is 11.6 Å². The maximum atomic E-state index is 13.1. The number of carboxylic acid groups (broad SMARTS) is 2. The van der Waals surface area contributed by atoms with E-state index < -0.39 is 48.0 Å². The van der Waals surface area contributed by atoms with Gasteiger partial charge in [0.1, 0.15) is 6.04 Å². The number of halogens is 2. The molecule has 120 valence electrons. The van der Waals surface area contributed by atoms with Crippen molar-refractivity contribution >= 4 is 17.8 Å². The molecule has 0 bridgehead atoms. The van der Waals surface area contributed by atoms with Crippen molar-refractivity contribution in [3.05, 3.63) is 35.4 Å². The van der Waals surface area contributed by atoms with Gasteiger partial charge in [0.05, 0.1) is 12.5 Å². The Bertz CT molecular complexity index is 594. The number of hydrogen-bond donors (Lipinski definition) is 4. The summed E-state index contributed by atoms with van der Waals surface area (Å²) < 4.78 is 25.9. The van der Waals surface area contributed by atoms with Gasteiger partial charge in [0, 0.05) is 6.42 Å². The van der Waals surface area contributed by atoms with Crippen LogP contribution in [-0.4, -0.2) is 40.1 Å². The van der Waals surface area contributed by atoms with Crippen LogP contribution < -0.4 is 11.1 Å². The summed E-state index contributed by atoms with van der Waals surface area (Å²) in [5.41, 5.74) is 5.46. The van der Waals surface area contributed by atoms with E-state index in [4.69, 9.17) is 15.9 Å². The fraction of sp³-hybridized carbons (Fsp3) is 0.308. The minimum absolute atomic E-state index is 0.151. The number of aliphatic carboxylic acids is 2. The Morgan fingerprint density at radius 2 is 1.82 bits per heavy atom. The first-order chi connectivity index (χ1) is 10.2. The molecule has 2 atom stereocenters. The quantitative estimate of drug-likeness (QED) is 0.555. The second-order valence-electron chi connectivity index (χ2n) is 4.56. The molecule has 0 spiro atoms. The molecule has 1 amide bonds. The Hall–Kier alpha value is -2.55. The molecule has 22 heavy (non-hydrogen) atoms. The maximum Gasteiger partial charge on any atom is 0.326 e. The summed E-state index contributed by atoms with van der Waals surface area (Å²) in [6, 6.07) is -0.0325. The number of carbonyl (C=O) groups excluding carboxylic acids is 1. The molecule has 0 aromatic heterocycles. The van der Waals surface area contributed by atoms with E-state index in [9.17, 15) is 23.2 Å². The zero-order valence-corrected chi connectivity index (χ0v) is 11.3. The second kappa shape index (κ2) is 7.46. The summed E-state index contributed by atoms with van der Waals surface area (Å²) in [6.45, 7) is 0. The van der Waals surface area contributed by atoms with Gasteiger partial charge in [-0.1, -0.05) is 6.07 Å². The molecular formula is C13H14F2N2O5. The van der Waals surface area contributed by atoms with E-state index in [0.717, 1.165) is 12.1 Å². The van der Waals surface area contributed by atoms with Crippen molar-refractivity contribution in [2.24, 2.45) is 5.73 Å². The molecular weight excluding hydrogens is 302 g/mol. The summed E-state index contributed by atoms with van der Waals surface area (Å²) in [5, 5.41) is 19.6. The summed E-state index contributed by atoms with van der Waals surface area (Å²) >= 11 is 0.